The number of aliphatic carboxylic acids is 1. The molecule has 0 aromatic heterocycles. The van der Waals surface area contributed by atoms with Crippen molar-refractivity contribution in [1.29, 1.82) is 0 Å². The summed E-state index contributed by atoms with van der Waals surface area (Å²) in [6, 6.07) is -0.173. The van der Waals surface area contributed by atoms with Crippen molar-refractivity contribution in [3.05, 3.63) is 12.2 Å². The van der Waals surface area contributed by atoms with Crippen LogP contribution in [0.5, 0.6) is 0 Å². The smallest absolute Gasteiger partial charge is 0.317 e. The molecule has 0 aromatic carbocycles. The van der Waals surface area contributed by atoms with Gasteiger partial charge in [0.2, 0.25) is 0 Å². The van der Waals surface area contributed by atoms with E-state index in [9.17, 15) is 9.59 Å². The van der Waals surface area contributed by atoms with Gasteiger partial charge in [-0.1, -0.05) is 19.1 Å². The lowest BCUT2D eigenvalue weighted by molar-refractivity contribution is -0.141. The average Bonchev–Trinajstić information content (AvgIpc) is 2.24. The minimum absolute atomic E-state index is 0.173. The molecule has 2 amide bonds. The largest absolute Gasteiger partial charge is 0.481 e. The number of hydrogen-bond acceptors (Lipinski definition) is 2. The molecule has 0 aliphatic rings. The zero-order valence-electron chi connectivity index (χ0n) is 10.8. The van der Waals surface area contributed by atoms with Gasteiger partial charge in [-0.3, -0.25) is 4.79 Å². The molecule has 1 unspecified atom stereocenters. The van der Waals surface area contributed by atoms with Crippen molar-refractivity contribution >= 4 is 12.0 Å². The number of nitrogens with one attached hydrogen (secondary N) is 1. The van der Waals surface area contributed by atoms with E-state index in [1.54, 1.807) is 11.8 Å². The summed E-state index contributed by atoms with van der Waals surface area (Å²) in [5.41, 5.74) is 0.918. The van der Waals surface area contributed by atoms with Gasteiger partial charge in [-0.2, -0.15) is 0 Å². The topological polar surface area (TPSA) is 69.6 Å². The molecule has 5 heteroatoms. The minimum Gasteiger partial charge on any atom is -0.481 e. The summed E-state index contributed by atoms with van der Waals surface area (Å²) in [7, 11) is 0. The first-order valence-electron chi connectivity index (χ1n) is 5.78. The molecule has 0 heterocycles. The summed E-state index contributed by atoms with van der Waals surface area (Å²) in [6.07, 6.45) is 0.436. The number of amides is 2. The monoisotopic (exact) mass is 242 g/mol. The number of likely N-dealkylation sites (N-methyl/N-ethyl adjacent to an activating group) is 1. The van der Waals surface area contributed by atoms with Gasteiger partial charge in [-0.05, 0) is 20.3 Å². The van der Waals surface area contributed by atoms with Crippen molar-refractivity contribution in [3.63, 3.8) is 0 Å². The maximum Gasteiger partial charge on any atom is 0.317 e. The zero-order valence-corrected chi connectivity index (χ0v) is 10.8. The van der Waals surface area contributed by atoms with Crippen LogP contribution in [0.15, 0.2) is 12.2 Å². The summed E-state index contributed by atoms with van der Waals surface area (Å²) >= 11 is 0. The molecule has 17 heavy (non-hydrogen) atoms. The molecule has 2 N–H and O–H groups in total. The Bertz CT molecular complexity index is 289. The summed E-state index contributed by atoms with van der Waals surface area (Å²) in [6.45, 7) is 10.6. The van der Waals surface area contributed by atoms with E-state index in [2.05, 4.69) is 11.9 Å². The van der Waals surface area contributed by atoms with Crippen LogP contribution in [0.2, 0.25) is 0 Å². The second kappa shape index (κ2) is 7.70. The average molecular weight is 242 g/mol. The highest BCUT2D eigenvalue weighted by Gasteiger charge is 2.13. The fourth-order valence-electron chi connectivity index (χ4n) is 1.28. The van der Waals surface area contributed by atoms with Crippen LogP contribution in [0.1, 0.15) is 27.2 Å². The third kappa shape index (κ3) is 6.60. The van der Waals surface area contributed by atoms with Crippen LogP contribution in [-0.4, -0.2) is 41.6 Å². The molecule has 0 aliphatic heterocycles. The third-order valence-corrected chi connectivity index (χ3v) is 2.40. The number of carbonyl (C=O) groups is 2. The summed E-state index contributed by atoms with van der Waals surface area (Å²) in [5.74, 6) is -1.28. The molecule has 0 aromatic rings. The maximum absolute atomic E-state index is 11.7. The highest BCUT2D eigenvalue weighted by Crippen LogP contribution is 2.01. The van der Waals surface area contributed by atoms with E-state index in [0.717, 1.165) is 5.57 Å². The van der Waals surface area contributed by atoms with E-state index in [1.165, 1.54) is 0 Å². The maximum atomic E-state index is 11.7. The van der Waals surface area contributed by atoms with Crippen LogP contribution in [0.4, 0.5) is 4.79 Å². The van der Waals surface area contributed by atoms with Crippen LogP contribution in [0.3, 0.4) is 0 Å². The Labute approximate surface area is 102 Å². The first-order chi connectivity index (χ1) is 7.88. The molecule has 0 saturated carbocycles. The standard InChI is InChI=1S/C12H22N2O3/c1-5-14(8-9(2)3)12(17)13-7-6-10(4)11(15)16/h10H,2,5-8H2,1,3-4H3,(H,13,17)(H,15,16). The molecular weight excluding hydrogens is 220 g/mol. The summed E-state index contributed by atoms with van der Waals surface area (Å²) in [4.78, 5) is 23.9. The highest BCUT2D eigenvalue weighted by atomic mass is 16.4. The van der Waals surface area contributed by atoms with E-state index in [4.69, 9.17) is 5.11 Å². The van der Waals surface area contributed by atoms with Crippen LogP contribution >= 0.6 is 0 Å². The molecule has 0 aliphatic carbocycles. The van der Waals surface area contributed by atoms with Crippen LogP contribution in [-0.2, 0) is 4.79 Å². The van der Waals surface area contributed by atoms with Gasteiger partial charge in [-0.25, -0.2) is 4.79 Å². The van der Waals surface area contributed by atoms with Crippen molar-refractivity contribution in [2.75, 3.05) is 19.6 Å². The number of carboxylic acid groups (broad SMARTS) is 1. The van der Waals surface area contributed by atoms with Crippen molar-refractivity contribution < 1.29 is 14.7 Å². The normalized spacial score (nSPS) is 11.7. The van der Waals surface area contributed by atoms with Crippen molar-refractivity contribution in [2.24, 2.45) is 5.92 Å². The van der Waals surface area contributed by atoms with Gasteiger partial charge in [0.05, 0.1) is 5.92 Å². The molecule has 0 spiro atoms. The third-order valence-electron chi connectivity index (χ3n) is 2.40. The highest BCUT2D eigenvalue weighted by molar-refractivity contribution is 5.74. The first-order valence-corrected chi connectivity index (χ1v) is 5.78. The van der Waals surface area contributed by atoms with Gasteiger partial charge >= 0.3 is 12.0 Å². The molecule has 1 atom stereocenters. The van der Waals surface area contributed by atoms with Crippen LogP contribution in [0.25, 0.3) is 0 Å². The molecular formula is C12H22N2O3. The Morgan fingerprint density at radius 3 is 2.47 bits per heavy atom. The van der Waals surface area contributed by atoms with Gasteiger partial charge in [0.15, 0.2) is 0 Å². The number of carbonyl (C=O) groups excluding carboxylic acids is 1. The quantitative estimate of drug-likeness (QED) is 0.668. The van der Waals surface area contributed by atoms with E-state index < -0.39 is 11.9 Å². The molecule has 0 bridgehead atoms. The number of urea groups is 1. The Morgan fingerprint density at radius 1 is 1.47 bits per heavy atom. The van der Waals surface area contributed by atoms with E-state index in [-0.39, 0.29) is 6.03 Å². The van der Waals surface area contributed by atoms with Gasteiger partial charge in [0.25, 0.3) is 0 Å². The second-order valence-electron chi connectivity index (χ2n) is 4.23. The Balaban J connectivity index is 3.98. The first kappa shape index (κ1) is 15.5. The van der Waals surface area contributed by atoms with Crippen molar-refractivity contribution in [2.45, 2.75) is 27.2 Å². The fraction of sp³-hybridized carbons (Fsp3) is 0.667. The van der Waals surface area contributed by atoms with Gasteiger partial charge in [0, 0.05) is 19.6 Å². The summed E-state index contributed by atoms with van der Waals surface area (Å²) < 4.78 is 0. The minimum atomic E-state index is -0.839. The SMILES string of the molecule is C=C(C)CN(CC)C(=O)NCCC(C)C(=O)O. The van der Waals surface area contributed by atoms with Crippen molar-refractivity contribution in [3.8, 4) is 0 Å². The van der Waals surface area contributed by atoms with Crippen molar-refractivity contribution in [1.82, 2.24) is 10.2 Å². The van der Waals surface area contributed by atoms with Gasteiger partial charge in [0.1, 0.15) is 0 Å². The Kier molecular flexibility index (Phi) is 7.02. The lowest BCUT2D eigenvalue weighted by Crippen LogP contribution is -2.41. The number of rotatable bonds is 7. The zero-order chi connectivity index (χ0) is 13.4. The molecule has 0 fully saturated rings. The predicted molar refractivity (Wildman–Crippen MR) is 66.9 cm³/mol. The molecule has 0 radical (unpaired) electrons. The number of hydrogen-bond donors (Lipinski definition) is 2. The lowest BCUT2D eigenvalue weighted by atomic mass is 10.1. The Morgan fingerprint density at radius 2 is 2.06 bits per heavy atom. The lowest BCUT2D eigenvalue weighted by Gasteiger charge is -2.21. The molecule has 98 valence electrons. The van der Waals surface area contributed by atoms with Crippen LogP contribution in [0, 0.1) is 5.92 Å². The fourth-order valence-corrected chi connectivity index (χ4v) is 1.28. The van der Waals surface area contributed by atoms with Crippen LogP contribution < -0.4 is 5.32 Å². The molecule has 0 rings (SSSR count). The second-order valence-corrected chi connectivity index (χ2v) is 4.23. The van der Waals surface area contributed by atoms with Gasteiger partial charge < -0.3 is 15.3 Å². The molecule has 5 nitrogen and oxygen atoms in total. The van der Waals surface area contributed by atoms with E-state index in [0.29, 0.717) is 26.1 Å². The summed E-state index contributed by atoms with van der Waals surface area (Å²) in [5, 5.41) is 11.4. The predicted octanol–water partition coefficient (Wildman–Crippen LogP) is 1.70. The number of carboxylic acids is 1. The van der Waals surface area contributed by atoms with E-state index >= 15 is 0 Å². The number of nitrogens with zero attached hydrogens (tertiary/aromatic N) is 1. The van der Waals surface area contributed by atoms with E-state index in [1.807, 2.05) is 13.8 Å². The van der Waals surface area contributed by atoms with Gasteiger partial charge in [-0.15, -0.1) is 0 Å². The molecule has 0 saturated heterocycles. The Hall–Kier alpha value is -1.52.